The molecule has 32 heavy (non-hydrogen) atoms. The summed E-state index contributed by atoms with van der Waals surface area (Å²) in [5, 5.41) is 19.7. The van der Waals surface area contributed by atoms with Gasteiger partial charge in [0.15, 0.2) is 5.96 Å². The van der Waals surface area contributed by atoms with Crippen LogP contribution in [0.15, 0.2) is 23.2 Å². The van der Waals surface area contributed by atoms with Crippen molar-refractivity contribution < 1.29 is 24.1 Å². The number of nitrogens with zero attached hydrogens (tertiary/aromatic N) is 1. The number of hydrogen-bond acceptors (Lipinski definition) is 6. The number of halogens is 1. The summed E-state index contributed by atoms with van der Waals surface area (Å²) in [5.41, 5.74) is -0.533. The average Bonchev–Trinajstić information content (AvgIpc) is 2.67. The van der Waals surface area contributed by atoms with E-state index in [1.807, 2.05) is 41.5 Å². The number of guanidine groups is 1. The highest BCUT2D eigenvalue weighted by atomic mass is 127. The lowest BCUT2D eigenvalue weighted by Gasteiger charge is -2.27. The number of aliphatic hydroxyl groups excluding tert-OH is 1. The summed E-state index contributed by atoms with van der Waals surface area (Å²) in [6.07, 6.45) is -1.30. The monoisotopic (exact) mass is 566 g/mol. The molecule has 1 atom stereocenters. The molecule has 0 aliphatic rings. The molecule has 184 valence electrons. The molecule has 9 nitrogen and oxygen atoms in total. The lowest BCUT2D eigenvalue weighted by molar-refractivity contribution is 0.0476. The SMILES string of the molecule is CCNC(=NCC(C)(C)NC(=O)OC(C)(C)C)NCC(O)c1cc(OC)cc(OC)c1.I. The Labute approximate surface area is 208 Å². The van der Waals surface area contributed by atoms with Crippen LogP contribution in [-0.2, 0) is 4.74 Å². The molecule has 4 N–H and O–H groups in total. The van der Waals surface area contributed by atoms with Gasteiger partial charge in [0.1, 0.15) is 17.1 Å². The first-order valence-electron chi connectivity index (χ1n) is 10.3. The Morgan fingerprint density at radius 1 is 1.06 bits per heavy atom. The third-order valence-electron chi connectivity index (χ3n) is 4.04. The van der Waals surface area contributed by atoms with Gasteiger partial charge in [-0.25, -0.2) is 4.79 Å². The van der Waals surface area contributed by atoms with Crippen molar-refractivity contribution >= 4 is 36.0 Å². The van der Waals surface area contributed by atoms with E-state index >= 15 is 0 Å². The van der Waals surface area contributed by atoms with Crippen LogP contribution in [0.25, 0.3) is 0 Å². The van der Waals surface area contributed by atoms with Crippen LogP contribution >= 0.6 is 24.0 Å². The van der Waals surface area contributed by atoms with Crippen molar-refractivity contribution in [1.82, 2.24) is 16.0 Å². The molecule has 0 radical (unpaired) electrons. The number of carbonyl (C=O) groups excluding carboxylic acids is 1. The number of rotatable bonds is 9. The molecule has 0 aliphatic carbocycles. The van der Waals surface area contributed by atoms with Crippen LogP contribution in [0.4, 0.5) is 4.79 Å². The van der Waals surface area contributed by atoms with Crippen molar-refractivity contribution in [2.24, 2.45) is 4.99 Å². The van der Waals surface area contributed by atoms with E-state index in [4.69, 9.17) is 14.2 Å². The van der Waals surface area contributed by atoms with Crippen molar-refractivity contribution in [2.45, 2.75) is 58.8 Å². The normalized spacial score (nSPS) is 12.8. The zero-order valence-corrected chi connectivity index (χ0v) is 22.7. The molecular formula is C22H39IN4O5. The molecule has 0 aromatic heterocycles. The standard InChI is InChI=1S/C22H38N4O5.HI/c1-9-23-19(25-14-22(5,6)26-20(28)31-21(2,3)4)24-13-18(27)15-10-16(29-7)12-17(11-15)30-8;/h10-12,18,27H,9,13-14H2,1-8H3,(H,26,28)(H2,23,24,25);1H. The Morgan fingerprint density at radius 2 is 1.62 bits per heavy atom. The van der Waals surface area contributed by atoms with Gasteiger partial charge in [0.2, 0.25) is 0 Å². The van der Waals surface area contributed by atoms with E-state index in [9.17, 15) is 9.90 Å². The maximum absolute atomic E-state index is 12.1. The number of amides is 1. The summed E-state index contributed by atoms with van der Waals surface area (Å²) < 4.78 is 15.8. The number of methoxy groups -OCH3 is 2. The number of ether oxygens (including phenoxy) is 3. The van der Waals surface area contributed by atoms with E-state index in [1.54, 1.807) is 32.4 Å². The predicted octanol–water partition coefficient (Wildman–Crippen LogP) is 3.21. The number of aliphatic imine (C=N–C) groups is 1. The number of hydrogen-bond donors (Lipinski definition) is 4. The summed E-state index contributed by atoms with van der Waals surface area (Å²) >= 11 is 0. The van der Waals surface area contributed by atoms with Gasteiger partial charge < -0.3 is 35.3 Å². The molecule has 1 unspecified atom stereocenters. The fraction of sp³-hybridized carbons (Fsp3) is 0.636. The molecule has 0 fully saturated rings. The van der Waals surface area contributed by atoms with Crippen LogP contribution < -0.4 is 25.4 Å². The number of nitrogens with one attached hydrogen (secondary N) is 3. The average molecular weight is 566 g/mol. The van der Waals surface area contributed by atoms with E-state index in [0.29, 0.717) is 36.1 Å². The molecule has 0 saturated carbocycles. The number of carbonyl (C=O) groups is 1. The van der Waals surface area contributed by atoms with Gasteiger partial charge in [-0.15, -0.1) is 24.0 Å². The summed E-state index contributed by atoms with van der Waals surface area (Å²) in [6, 6.07) is 5.26. The molecule has 1 aromatic rings. The molecule has 0 spiro atoms. The zero-order chi connectivity index (χ0) is 23.7. The highest BCUT2D eigenvalue weighted by molar-refractivity contribution is 14.0. The van der Waals surface area contributed by atoms with Gasteiger partial charge in [0.05, 0.1) is 32.4 Å². The van der Waals surface area contributed by atoms with Gasteiger partial charge in [-0.1, -0.05) is 0 Å². The molecule has 0 bridgehead atoms. The predicted molar refractivity (Wildman–Crippen MR) is 137 cm³/mol. The first kappa shape index (κ1) is 30.0. The largest absolute Gasteiger partial charge is 0.497 e. The molecule has 10 heteroatoms. The first-order chi connectivity index (χ1) is 14.4. The van der Waals surface area contributed by atoms with E-state index < -0.39 is 23.3 Å². The minimum atomic E-state index is -0.805. The van der Waals surface area contributed by atoms with Crippen LogP contribution in [0.1, 0.15) is 53.2 Å². The highest BCUT2D eigenvalue weighted by Crippen LogP contribution is 2.26. The van der Waals surface area contributed by atoms with Gasteiger partial charge in [0, 0.05) is 19.2 Å². The number of aliphatic hydroxyl groups is 1. The third kappa shape index (κ3) is 11.6. The zero-order valence-electron chi connectivity index (χ0n) is 20.4. The summed E-state index contributed by atoms with van der Waals surface area (Å²) in [7, 11) is 3.12. The van der Waals surface area contributed by atoms with Crippen LogP contribution in [-0.4, -0.2) is 62.2 Å². The van der Waals surface area contributed by atoms with Gasteiger partial charge >= 0.3 is 6.09 Å². The van der Waals surface area contributed by atoms with E-state index in [2.05, 4.69) is 20.9 Å². The van der Waals surface area contributed by atoms with Crippen LogP contribution in [0, 0.1) is 0 Å². The fourth-order valence-corrected chi connectivity index (χ4v) is 2.57. The Balaban J connectivity index is 0.00000961. The van der Waals surface area contributed by atoms with Crippen LogP contribution in [0.2, 0.25) is 0 Å². The quantitative estimate of drug-likeness (QED) is 0.206. The maximum atomic E-state index is 12.1. The summed E-state index contributed by atoms with van der Waals surface area (Å²) in [4.78, 5) is 16.6. The summed E-state index contributed by atoms with van der Waals surface area (Å²) in [6.45, 7) is 12.3. The molecule has 1 aromatic carbocycles. The maximum Gasteiger partial charge on any atom is 0.408 e. The second kappa shape index (κ2) is 13.6. The van der Waals surface area contributed by atoms with Gasteiger partial charge in [-0.2, -0.15) is 0 Å². The lowest BCUT2D eigenvalue weighted by atomic mass is 10.1. The third-order valence-corrected chi connectivity index (χ3v) is 4.04. The van der Waals surface area contributed by atoms with Crippen molar-refractivity contribution in [2.75, 3.05) is 33.9 Å². The van der Waals surface area contributed by atoms with Crippen LogP contribution in [0.5, 0.6) is 11.5 Å². The molecule has 0 aliphatic heterocycles. The Bertz CT molecular complexity index is 728. The van der Waals surface area contributed by atoms with Gasteiger partial charge in [-0.05, 0) is 59.2 Å². The van der Waals surface area contributed by atoms with Gasteiger partial charge in [0.25, 0.3) is 0 Å². The Hall–Kier alpha value is -1.95. The Kier molecular flexibility index (Phi) is 12.7. The minimum absolute atomic E-state index is 0. The number of benzene rings is 1. The van der Waals surface area contributed by atoms with Gasteiger partial charge in [-0.3, -0.25) is 4.99 Å². The molecule has 0 heterocycles. The van der Waals surface area contributed by atoms with Crippen molar-refractivity contribution in [1.29, 1.82) is 0 Å². The second-order valence-corrected chi connectivity index (χ2v) is 8.75. The fourth-order valence-electron chi connectivity index (χ4n) is 2.57. The first-order valence-corrected chi connectivity index (χ1v) is 10.3. The minimum Gasteiger partial charge on any atom is -0.497 e. The van der Waals surface area contributed by atoms with Crippen molar-refractivity contribution in [3.63, 3.8) is 0 Å². The highest BCUT2D eigenvalue weighted by Gasteiger charge is 2.24. The lowest BCUT2D eigenvalue weighted by Crippen LogP contribution is -2.49. The topological polar surface area (TPSA) is 113 Å². The second-order valence-electron chi connectivity index (χ2n) is 8.75. The molecular weight excluding hydrogens is 527 g/mol. The molecule has 1 amide bonds. The van der Waals surface area contributed by atoms with E-state index in [-0.39, 0.29) is 30.5 Å². The summed E-state index contributed by atoms with van der Waals surface area (Å²) in [5.74, 6) is 1.73. The number of alkyl carbamates (subject to hydrolysis) is 1. The smallest absolute Gasteiger partial charge is 0.408 e. The van der Waals surface area contributed by atoms with Crippen LogP contribution in [0.3, 0.4) is 0 Å². The van der Waals surface area contributed by atoms with E-state index in [1.165, 1.54) is 0 Å². The Morgan fingerprint density at radius 3 is 2.09 bits per heavy atom. The molecule has 0 saturated heterocycles. The van der Waals surface area contributed by atoms with Crippen molar-refractivity contribution in [3.05, 3.63) is 23.8 Å². The van der Waals surface area contributed by atoms with Crippen molar-refractivity contribution in [3.8, 4) is 11.5 Å². The van der Waals surface area contributed by atoms with E-state index in [0.717, 1.165) is 0 Å². The molecule has 1 rings (SSSR count).